The van der Waals surface area contributed by atoms with Crippen molar-refractivity contribution in [3.63, 3.8) is 0 Å². The van der Waals surface area contributed by atoms with E-state index in [9.17, 15) is 0 Å². The Hall–Kier alpha value is -5.73. The second kappa shape index (κ2) is 12.1. The number of fused-ring (bicyclic) bond motifs is 3. The number of pyridine rings is 1. The lowest BCUT2D eigenvalue weighted by Gasteiger charge is -2.17. The lowest BCUT2D eigenvalue weighted by molar-refractivity contribution is 0.671. The predicted octanol–water partition coefficient (Wildman–Crippen LogP) is 12.1. The van der Waals surface area contributed by atoms with Crippen molar-refractivity contribution in [2.45, 2.75) is 39.4 Å². The normalized spacial score (nSPS) is 15.1. The summed E-state index contributed by atoms with van der Waals surface area (Å²) in [6.45, 7) is -5.08. The van der Waals surface area contributed by atoms with Gasteiger partial charge in [-0.15, -0.1) is 0 Å². The SMILES string of the molecule is [2H]C([2H])([2H])c1cnc(-c2cccc3c2oc2c(-c4ccccc4)cccc23)cc1-c1ccc(-c2cc3ccc2CCc2ccc(cc2)CC3)cc1C([2H])([2H])[2H]. The average molecular weight is 638 g/mol. The second-order valence-corrected chi connectivity index (χ2v) is 13.0. The molecule has 2 heterocycles. The maximum atomic E-state index is 8.73. The van der Waals surface area contributed by atoms with Crippen LogP contribution in [0.15, 0.2) is 144 Å². The van der Waals surface area contributed by atoms with Crippen LogP contribution in [-0.4, -0.2) is 4.98 Å². The molecule has 0 unspecified atom stereocenters. The molecule has 2 aromatic heterocycles. The van der Waals surface area contributed by atoms with Gasteiger partial charge in [-0.25, -0.2) is 0 Å². The quantitative estimate of drug-likeness (QED) is 0.192. The molecule has 8 aromatic rings. The van der Waals surface area contributed by atoms with Crippen molar-refractivity contribution in [1.29, 1.82) is 0 Å². The molecule has 4 aliphatic carbocycles. The minimum absolute atomic E-state index is 0.0134. The van der Waals surface area contributed by atoms with E-state index < -0.39 is 13.7 Å². The van der Waals surface area contributed by atoms with Crippen LogP contribution in [0.4, 0.5) is 0 Å². The summed E-state index contributed by atoms with van der Waals surface area (Å²) in [5, 5.41) is 1.86. The Labute approximate surface area is 296 Å². The monoisotopic (exact) mass is 637 g/mol. The predicted molar refractivity (Wildman–Crippen MR) is 204 cm³/mol. The highest BCUT2D eigenvalue weighted by atomic mass is 16.3. The summed E-state index contributed by atoms with van der Waals surface area (Å²) < 4.78 is 58.3. The molecule has 6 aromatic carbocycles. The van der Waals surface area contributed by atoms with Crippen LogP contribution in [-0.2, 0) is 25.7 Å². The number of nitrogens with zero attached hydrogens (tertiary/aromatic N) is 1. The Balaban J connectivity index is 1.20. The van der Waals surface area contributed by atoms with Gasteiger partial charge in [0.1, 0.15) is 11.2 Å². The Morgan fingerprint density at radius 1 is 0.490 bits per heavy atom. The van der Waals surface area contributed by atoms with Crippen molar-refractivity contribution in [2.24, 2.45) is 0 Å². The molecule has 49 heavy (non-hydrogen) atoms. The highest BCUT2D eigenvalue weighted by Crippen LogP contribution is 2.41. The van der Waals surface area contributed by atoms with Crippen molar-refractivity contribution in [2.75, 3.05) is 0 Å². The topological polar surface area (TPSA) is 26.0 Å². The van der Waals surface area contributed by atoms with Crippen molar-refractivity contribution < 1.29 is 12.6 Å². The first-order chi connectivity index (χ1) is 26.5. The maximum Gasteiger partial charge on any atom is 0.144 e. The number of hydrogen-bond donors (Lipinski definition) is 0. The molecule has 0 aliphatic heterocycles. The Kier molecular flexibility index (Phi) is 5.80. The van der Waals surface area contributed by atoms with E-state index in [1.807, 2.05) is 72.8 Å². The molecular formula is C47H37NO. The molecule has 4 bridgehead atoms. The molecule has 0 radical (unpaired) electrons. The summed E-state index contributed by atoms with van der Waals surface area (Å²) in [6.07, 6.45) is 4.81. The second-order valence-electron chi connectivity index (χ2n) is 13.0. The van der Waals surface area contributed by atoms with Gasteiger partial charge in [0, 0.05) is 36.3 Å². The molecule has 0 saturated carbocycles. The molecule has 0 amide bonds. The maximum absolute atomic E-state index is 8.73. The first-order valence-corrected chi connectivity index (χ1v) is 16.9. The fraction of sp³-hybridized carbons (Fsp3) is 0.128. The highest BCUT2D eigenvalue weighted by Gasteiger charge is 2.18. The van der Waals surface area contributed by atoms with Crippen LogP contribution in [0.1, 0.15) is 41.6 Å². The molecule has 236 valence electrons. The standard InChI is InChI=1S/C47H37NO/c1-30-26-37(44-27-34-19-18-32-14-16-33(17-15-32)20-22-36(44)23-21-34)24-25-38(30)43-28-45(48-29-31(43)2)42-13-7-12-41-40-11-6-10-39(46(40)49-47(41)42)35-8-4-3-5-9-35/h3-17,21,23-29H,18-20,22H2,1-2H3/i1D3,2D3. The molecule has 0 spiro atoms. The molecule has 0 saturated heterocycles. The van der Waals surface area contributed by atoms with E-state index in [0.717, 1.165) is 69.9 Å². The Bertz CT molecular complexity index is 2730. The summed E-state index contributed by atoms with van der Waals surface area (Å²) >= 11 is 0. The number of benzene rings is 6. The van der Waals surface area contributed by atoms with E-state index in [4.69, 9.17) is 12.6 Å². The molecule has 0 N–H and O–H groups in total. The van der Waals surface area contributed by atoms with Gasteiger partial charge in [0.15, 0.2) is 0 Å². The van der Waals surface area contributed by atoms with E-state index in [1.54, 1.807) is 18.2 Å². The van der Waals surface area contributed by atoms with Crippen LogP contribution < -0.4 is 0 Å². The number of para-hydroxylation sites is 2. The number of aromatic nitrogens is 1. The third-order valence-electron chi connectivity index (χ3n) is 9.99. The van der Waals surface area contributed by atoms with Gasteiger partial charge < -0.3 is 4.42 Å². The number of furan rings is 1. The van der Waals surface area contributed by atoms with Crippen molar-refractivity contribution in [3.8, 4) is 44.6 Å². The van der Waals surface area contributed by atoms with Gasteiger partial charge in [0.25, 0.3) is 0 Å². The van der Waals surface area contributed by atoms with Gasteiger partial charge in [-0.3, -0.25) is 4.98 Å². The summed E-state index contributed by atoms with van der Waals surface area (Å²) in [4.78, 5) is 4.68. The number of aryl methyl sites for hydroxylation is 6. The molecule has 12 rings (SSSR count). The lowest BCUT2D eigenvalue weighted by Crippen LogP contribution is -2.00. The molecule has 0 atom stereocenters. The zero-order chi connectivity index (χ0) is 37.9. The van der Waals surface area contributed by atoms with Crippen LogP contribution in [0.5, 0.6) is 0 Å². The van der Waals surface area contributed by atoms with E-state index in [2.05, 4.69) is 47.4 Å². The van der Waals surface area contributed by atoms with Gasteiger partial charge in [-0.05, 0) is 113 Å². The van der Waals surface area contributed by atoms with Crippen molar-refractivity contribution in [1.82, 2.24) is 4.98 Å². The Morgan fingerprint density at radius 2 is 1.18 bits per heavy atom. The molecular weight excluding hydrogens is 595 g/mol. The largest absolute Gasteiger partial charge is 0.455 e. The van der Waals surface area contributed by atoms with Crippen LogP contribution in [0, 0.1) is 13.7 Å². The third kappa shape index (κ3) is 5.34. The van der Waals surface area contributed by atoms with E-state index >= 15 is 0 Å². The van der Waals surface area contributed by atoms with Crippen molar-refractivity contribution >= 4 is 21.9 Å². The van der Waals surface area contributed by atoms with Crippen LogP contribution in [0.25, 0.3) is 66.6 Å². The average Bonchev–Trinajstić information content (AvgIpc) is 3.57. The molecule has 0 fully saturated rings. The van der Waals surface area contributed by atoms with Gasteiger partial charge in [0.2, 0.25) is 0 Å². The first kappa shape index (κ1) is 23.6. The van der Waals surface area contributed by atoms with Crippen LogP contribution in [0.3, 0.4) is 0 Å². The van der Waals surface area contributed by atoms with Crippen LogP contribution in [0.2, 0.25) is 0 Å². The highest BCUT2D eigenvalue weighted by molar-refractivity contribution is 6.12. The first-order valence-electron chi connectivity index (χ1n) is 19.9. The Morgan fingerprint density at radius 3 is 1.96 bits per heavy atom. The number of rotatable bonds is 4. The molecule has 4 aliphatic rings. The zero-order valence-corrected chi connectivity index (χ0v) is 27.0. The molecule has 2 heteroatoms. The minimum atomic E-state index is -2.55. The third-order valence-corrected chi connectivity index (χ3v) is 9.99. The smallest absolute Gasteiger partial charge is 0.144 e. The van der Waals surface area contributed by atoms with E-state index in [1.165, 1.54) is 22.9 Å². The fourth-order valence-electron chi connectivity index (χ4n) is 7.35. The lowest BCUT2D eigenvalue weighted by atomic mass is 9.88. The molecule has 2 nitrogen and oxygen atoms in total. The summed E-state index contributed by atoms with van der Waals surface area (Å²) in [5.41, 5.74) is 11.9. The van der Waals surface area contributed by atoms with Crippen molar-refractivity contribution in [3.05, 3.63) is 173 Å². The van der Waals surface area contributed by atoms with Gasteiger partial charge in [-0.1, -0.05) is 121 Å². The summed E-state index contributed by atoms with van der Waals surface area (Å²) in [7, 11) is 0. The summed E-state index contributed by atoms with van der Waals surface area (Å²) in [6, 6.07) is 44.5. The minimum Gasteiger partial charge on any atom is -0.455 e. The van der Waals surface area contributed by atoms with Gasteiger partial charge in [-0.2, -0.15) is 0 Å². The van der Waals surface area contributed by atoms with Gasteiger partial charge >= 0.3 is 0 Å². The fourth-order valence-corrected chi connectivity index (χ4v) is 7.35. The van der Waals surface area contributed by atoms with Crippen LogP contribution >= 0.6 is 0 Å². The van der Waals surface area contributed by atoms with E-state index in [-0.39, 0.29) is 11.1 Å². The zero-order valence-electron chi connectivity index (χ0n) is 33.0. The van der Waals surface area contributed by atoms with E-state index in [0.29, 0.717) is 28.0 Å². The number of hydrogen-bond acceptors (Lipinski definition) is 2. The summed E-state index contributed by atoms with van der Waals surface area (Å²) in [5.74, 6) is 0. The van der Waals surface area contributed by atoms with Gasteiger partial charge in [0.05, 0.1) is 5.69 Å².